The first kappa shape index (κ1) is 63.5. The highest BCUT2D eigenvalue weighted by Crippen LogP contribution is 2.15. The smallest absolute Gasteiger partial charge is 0.325 e. The highest BCUT2D eigenvalue weighted by molar-refractivity contribution is 5.86. The number of pyridine rings is 3. The summed E-state index contributed by atoms with van der Waals surface area (Å²) in [6, 6.07) is 39.0. The van der Waals surface area contributed by atoms with Crippen molar-refractivity contribution in [1.29, 1.82) is 0 Å². The second-order valence-corrected chi connectivity index (χ2v) is 17.5. The lowest BCUT2D eigenvalue weighted by Crippen LogP contribution is -2.39. The van der Waals surface area contributed by atoms with Gasteiger partial charge in [-0.1, -0.05) is 202 Å². The third-order valence-electron chi connectivity index (χ3n) is 11.1. The van der Waals surface area contributed by atoms with Crippen molar-refractivity contribution < 1.29 is 13.8 Å². The van der Waals surface area contributed by atoms with Crippen molar-refractivity contribution in [2.24, 2.45) is 0 Å². The Morgan fingerprint density at radius 1 is 0.462 bits per heavy atom. The molecule has 5 nitrogen and oxygen atoms in total. The van der Waals surface area contributed by atoms with Crippen LogP contribution in [0, 0.1) is 0 Å². The minimum Gasteiger partial charge on any atom is -0.325 e. The summed E-state index contributed by atoms with van der Waals surface area (Å²) in [7, 11) is 4.72. The third-order valence-corrected chi connectivity index (χ3v) is 11.1. The number of hydrogen-bond donors (Lipinski definition) is 0. The van der Waals surface area contributed by atoms with Gasteiger partial charge in [0.1, 0.15) is 6.54 Å². The fourth-order valence-corrected chi connectivity index (χ4v) is 7.44. The van der Waals surface area contributed by atoms with E-state index in [1.54, 1.807) is 12.4 Å². The lowest BCUT2D eigenvalue weighted by molar-refractivity contribution is -0.903. The van der Waals surface area contributed by atoms with E-state index in [4.69, 9.17) is 0 Å². The van der Waals surface area contributed by atoms with Gasteiger partial charge >= 0.3 is 5.91 Å². The van der Waals surface area contributed by atoms with Crippen LogP contribution in [0.4, 0.5) is 0 Å². The van der Waals surface area contributed by atoms with E-state index in [1.807, 2.05) is 60.9 Å². The van der Waals surface area contributed by atoms with Crippen LogP contribution in [0.3, 0.4) is 0 Å². The molecule has 3 aromatic heterocycles. The number of hydrogen-bond acceptors (Lipinski definition) is 3. The largest absolute Gasteiger partial charge is 0.389 e. The third kappa shape index (κ3) is 37.2. The Labute approximate surface area is 416 Å². The molecule has 0 amide bonds. The van der Waals surface area contributed by atoms with Gasteiger partial charge in [-0.25, -0.2) is 4.79 Å². The standard InChI is InChI=1S/C21H38N.C17H29N.C12H11N.C7H8NO.3ClH/c1-4-5-6-7-8-9-10-11-12-16-19-22(2,3)20-21-17-14-13-15-18-21;1-2-3-4-5-6-7-8-9-10-11-14-17-15-12-13-16-18-17;1-2-6-11(7-3-1)10-12-8-4-5-9-13-12;1-7(9)8-5-3-2-4-6-8;;;/h13-15,17-18H,4-12,16,19-20H2,1-3H3;12-13,15-16H,2-11,14H2,1H3;1-9H,10H2;2-6H,1H3;3*1H/q+1;;;+1;;;. The van der Waals surface area contributed by atoms with Crippen LogP contribution in [-0.4, -0.2) is 41.0 Å². The summed E-state index contributed by atoms with van der Waals surface area (Å²) in [5.41, 5.74) is 5.13. The van der Waals surface area contributed by atoms with Gasteiger partial charge in [0.05, 0.1) is 27.6 Å². The van der Waals surface area contributed by atoms with E-state index in [-0.39, 0.29) is 43.1 Å². The van der Waals surface area contributed by atoms with Crippen molar-refractivity contribution in [1.82, 2.24) is 9.97 Å². The molecule has 0 bridgehead atoms. The summed E-state index contributed by atoms with van der Waals surface area (Å²) in [5, 5.41) is 0. The number of halogens is 3. The van der Waals surface area contributed by atoms with Crippen LogP contribution in [0.2, 0.25) is 0 Å². The summed E-state index contributed by atoms with van der Waals surface area (Å²) in [5.74, 6) is 0.0376. The van der Waals surface area contributed by atoms with E-state index in [0.29, 0.717) is 0 Å². The van der Waals surface area contributed by atoms with Gasteiger partial charge in [-0.05, 0) is 55.5 Å². The average molecular weight is 953 g/mol. The van der Waals surface area contributed by atoms with Gasteiger partial charge in [0, 0.05) is 47.9 Å². The Hall–Kier alpha value is -3.61. The maximum atomic E-state index is 10.6. The van der Waals surface area contributed by atoms with Crippen LogP contribution in [0.1, 0.15) is 176 Å². The summed E-state index contributed by atoms with van der Waals surface area (Å²) in [6.07, 6.45) is 37.5. The number of benzene rings is 2. The molecule has 5 aromatic rings. The molecule has 0 aliphatic carbocycles. The van der Waals surface area contributed by atoms with Crippen LogP contribution in [0.15, 0.2) is 140 Å². The lowest BCUT2D eigenvalue weighted by atomic mass is 10.1. The number of nitrogens with zero attached hydrogens (tertiary/aromatic N) is 4. The number of carbonyl (C=O) groups excluding carboxylic acids is 1. The zero-order valence-corrected chi connectivity index (χ0v) is 43.6. The Balaban J connectivity index is 0. The summed E-state index contributed by atoms with van der Waals surface area (Å²) in [4.78, 5) is 19.2. The fraction of sp³-hybridized carbons (Fsp3) is 0.509. The Bertz CT molecular complexity index is 1680. The summed E-state index contributed by atoms with van der Waals surface area (Å²) >= 11 is 0. The molecule has 3 heterocycles. The summed E-state index contributed by atoms with van der Waals surface area (Å²) < 4.78 is 2.64. The van der Waals surface area contributed by atoms with Crippen molar-refractivity contribution in [3.63, 3.8) is 0 Å². The van der Waals surface area contributed by atoms with E-state index in [0.717, 1.165) is 29.6 Å². The molecule has 2 aromatic carbocycles. The van der Waals surface area contributed by atoms with Gasteiger partial charge in [0.2, 0.25) is 0 Å². The number of aryl methyl sites for hydroxylation is 1. The second kappa shape index (κ2) is 44.2. The molecule has 0 aliphatic rings. The molecule has 0 N–H and O–H groups in total. The molecule has 0 saturated carbocycles. The Morgan fingerprint density at radius 3 is 1.26 bits per heavy atom. The molecule has 8 heteroatoms. The minimum atomic E-state index is 0. The van der Waals surface area contributed by atoms with Crippen molar-refractivity contribution >= 4 is 43.1 Å². The maximum absolute atomic E-state index is 10.6. The summed E-state index contributed by atoms with van der Waals surface area (Å²) in [6.45, 7) is 8.54. The molecule has 0 atom stereocenters. The van der Waals surface area contributed by atoms with E-state index in [1.165, 1.54) is 163 Å². The first-order chi connectivity index (χ1) is 30.3. The molecule has 0 fully saturated rings. The normalized spacial score (nSPS) is 10.2. The fourth-order valence-electron chi connectivity index (χ4n) is 7.44. The van der Waals surface area contributed by atoms with E-state index >= 15 is 0 Å². The molecule has 5 rings (SSSR count). The molecule has 65 heavy (non-hydrogen) atoms. The number of rotatable bonds is 26. The zero-order valence-electron chi connectivity index (χ0n) is 41.2. The van der Waals surface area contributed by atoms with Gasteiger partial charge < -0.3 is 4.48 Å². The maximum Gasteiger partial charge on any atom is 0.389 e. The van der Waals surface area contributed by atoms with Crippen molar-refractivity contribution in [3.8, 4) is 0 Å². The van der Waals surface area contributed by atoms with Crippen LogP contribution in [0.5, 0.6) is 0 Å². The molecular formula is C57H89Cl3N4O+2. The van der Waals surface area contributed by atoms with Crippen molar-refractivity contribution in [2.75, 3.05) is 20.6 Å². The van der Waals surface area contributed by atoms with Gasteiger partial charge in [-0.3, -0.25) is 9.97 Å². The zero-order chi connectivity index (χ0) is 44.6. The highest BCUT2D eigenvalue weighted by Gasteiger charge is 2.15. The number of unbranched alkanes of at least 4 members (excludes halogenated alkanes) is 18. The van der Waals surface area contributed by atoms with Gasteiger partial charge in [-0.15, -0.1) is 41.8 Å². The predicted molar refractivity (Wildman–Crippen MR) is 287 cm³/mol. The molecule has 0 aliphatic heterocycles. The van der Waals surface area contributed by atoms with E-state index < -0.39 is 0 Å². The first-order valence-corrected chi connectivity index (χ1v) is 24.5. The van der Waals surface area contributed by atoms with Gasteiger partial charge in [0.25, 0.3) is 0 Å². The predicted octanol–water partition coefficient (Wildman–Crippen LogP) is 16.3. The Morgan fingerprint density at radius 2 is 0.846 bits per heavy atom. The number of aromatic nitrogens is 3. The monoisotopic (exact) mass is 951 g/mol. The van der Waals surface area contributed by atoms with Crippen LogP contribution in [0.25, 0.3) is 0 Å². The number of quaternary nitrogens is 1. The minimum absolute atomic E-state index is 0. The van der Waals surface area contributed by atoms with Crippen molar-refractivity contribution in [2.45, 2.75) is 169 Å². The molecular weight excluding hydrogens is 863 g/mol. The molecule has 362 valence electrons. The average Bonchev–Trinajstić information content (AvgIpc) is 3.30. The quantitative estimate of drug-likeness (QED) is 0.0315. The number of carbonyl (C=O) groups is 1. The molecule has 0 saturated heterocycles. The molecule has 0 unspecified atom stereocenters. The van der Waals surface area contributed by atoms with Crippen LogP contribution in [-0.2, 0) is 19.4 Å². The SMILES string of the molecule is CC(=O)[n+]1ccccc1.CCCCCCCCCCCC[N+](C)(C)Cc1ccccc1.CCCCCCCCCCCCc1ccccn1.Cl.Cl.Cl.c1ccc(Cc2ccccn2)cc1. The van der Waals surface area contributed by atoms with Gasteiger partial charge in [0.15, 0.2) is 12.4 Å². The Kier molecular flexibility index (Phi) is 43.2. The van der Waals surface area contributed by atoms with E-state index in [2.05, 4.69) is 105 Å². The molecule has 0 radical (unpaired) electrons. The first-order valence-electron chi connectivity index (χ1n) is 24.5. The highest BCUT2D eigenvalue weighted by atomic mass is 35.5. The second-order valence-electron chi connectivity index (χ2n) is 17.5. The topological polar surface area (TPSA) is 46.7 Å². The van der Waals surface area contributed by atoms with Gasteiger partial charge in [-0.2, -0.15) is 0 Å². The molecule has 0 spiro atoms. The van der Waals surface area contributed by atoms with Crippen LogP contribution < -0.4 is 4.57 Å². The van der Waals surface area contributed by atoms with Crippen LogP contribution >= 0.6 is 37.2 Å². The lowest BCUT2D eigenvalue weighted by Gasteiger charge is -2.30. The van der Waals surface area contributed by atoms with E-state index in [9.17, 15) is 4.79 Å². The van der Waals surface area contributed by atoms with Crippen molar-refractivity contribution in [3.05, 3.63) is 163 Å².